The molecule has 1 fully saturated rings. The lowest BCUT2D eigenvalue weighted by molar-refractivity contribution is 0.0240. The van der Waals surface area contributed by atoms with Gasteiger partial charge in [-0.25, -0.2) is 14.6 Å². The van der Waals surface area contributed by atoms with Crippen molar-refractivity contribution in [3.8, 4) is 11.1 Å². The average molecular weight is 493 g/mol. The van der Waals surface area contributed by atoms with Crippen molar-refractivity contribution in [3.05, 3.63) is 48.3 Å². The number of fused-ring (bicyclic) bond motifs is 1. The van der Waals surface area contributed by atoms with Gasteiger partial charge in [-0.2, -0.15) is 0 Å². The topological polar surface area (TPSA) is 76.9 Å². The minimum atomic E-state index is -0.501. The van der Waals surface area contributed by atoms with Crippen molar-refractivity contribution in [3.63, 3.8) is 0 Å². The maximum absolute atomic E-state index is 12.6. The van der Waals surface area contributed by atoms with Crippen molar-refractivity contribution in [2.45, 2.75) is 52.7 Å². The first-order chi connectivity index (χ1) is 17.1. The third-order valence-electron chi connectivity index (χ3n) is 6.65. The zero-order valence-corrected chi connectivity index (χ0v) is 22.1. The van der Waals surface area contributed by atoms with Gasteiger partial charge in [0, 0.05) is 61.1 Å². The van der Waals surface area contributed by atoms with E-state index in [0.29, 0.717) is 37.8 Å². The number of benzene rings is 1. The van der Waals surface area contributed by atoms with Crippen LogP contribution < -0.4 is 4.90 Å². The molecule has 0 radical (unpaired) electrons. The van der Waals surface area contributed by atoms with Crippen molar-refractivity contribution in [2.75, 3.05) is 38.2 Å². The summed E-state index contributed by atoms with van der Waals surface area (Å²) in [4.78, 5) is 33.6. The molecule has 0 bridgehead atoms. The van der Waals surface area contributed by atoms with Gasteiger partial charge in [-0.3, -0.25) is 0 Å². The third-order valence-corrected chi connectivity index (χ3v) is 6.65. The quantitative estimate of drug-likeness (QED) is 0.437. The van der Waals surface area contributed by atoms with E-state index in [9.17, 15) is 9.59 Å². The Morgan fingerprint density at radius 3 is 2.36 bits per heavy atom. The van der Waals surface area contributed by atoms with Gasteiger partial charge in [-0.15, -0.1) is 0 Å². The van der Waals surface area contributed by atoms with Gasteiger partial charge in [0.15, 0.2) is 0 Å². The number of aromatic nitrogens is 2. The number of hydrogen-bond donors (Lipinski definition) is 0. The molecule has 1 saturated heterocycles. The predicted molar refractivity (Wildman–Crippen MR) is 142 cm³/mol. The van der Waals surface area contributed by atoms with Gasteiger partial charge in [-0.05, 0) is 70.0 Å². The molecule has 1 aromatic carbocycles. The summed E-state index contributed by atoms with van der Waals surface area (Å²) in [6.45, 7) is 12.5. The van der Waals surface area contributed by atoms with Gasteiger partial charge < -0.3 is 23.8 Å². The zero-order valence-electron chi connectivity index (χ0n) is 22.1. The predicted octanol–water partition coefficient (Wildman–Crippen LogP) is 5.52. The molecule has 4 rings (SSSR count). The Balaban J connectivity index is 1.55. The van der Waals surface area contributed by atoms with Crippen LogP contribution >= 0.6 is 0 Å². The molecule has 0 saturated carbocycles. The normalized spacial score (nSPS) is 15.2. The van der Waals surface area contributed by atoms with Crippen LogP contribution in [0.2, 0.25) is 0 Å². The molecule has 8 heteroatoms. The molecule has 1 aliphatic rings. The Kier molecular flexibility index (Phi) is 7.24. The fourth-order valence-electron chi connectivity index (χ4n) is 4.48. The number of esters is 1. The molecule has 192 valence electrons. The second kappa shape index (κ2) is 10.2. The number of nitrogens with zero attached hydrogens (tertiary/aromatic N) is 4. The molecule has 1 atom stereocenters. The number of anilines is 1. The molecular weight excluding hydrogens is 456 g/mol. The maximum Gasteiger partial charge on any atom is 0.410 e. The summed E-state index contributed by atoms with van der Waals surface area (Å²) >= 11 is 0. The van der Waals surface area contributed by atoms with E-state index >= 15 is 0 Å². The summed E-state index contributed by atoms with van der Waals surface area (Å²) in [5, 5.41) is 0.887. The summed E-state index contributed by atoms with van der Waals surface area (Å²) in [6.07, 6.45) is 4.59. The lowest BCUT2D eigenvalue weighted by Gasteiger charge is -2.36. The van der Waals surface area contributed by atoms with Crippen LogP contribution in [0.15, 0.2) is 42.7 Å². The number of pyridine rings is 1. The third kappa shape index (κ3) is 5.32. The molecule has 36 heavy (non-hydrogen) atoms. The average Bonchev–Trinajstić information content (AvgIpc) is 3.30. The Morgan fingerprint density at radius 2 is 1.78 bits per heavy atom. The first-order valence-electron chi connectivity index (χ1n) is 12.5. The van der Waals surface area contributed by atoms with Crippen LogP contribution in [0.4, 0.5) is 10.6 Å². The minimum Gasteiger partial charge on any atom is -0.465 e. The van der Waals surface area contributed by atoms with Crippen molar-refractivity contribution in [2.24, 2.45) is 0 Å². The monoisotopic (exact) mass is 492 g/mol. The van der Waals surface area contributed by atoms with Gasteiger partial charge in [0.25, 0.3) is 0 Å². The molecule has 3 aromatic rings. The molecule has 0 N–H and O–H groups in total. The van der Waals surface area contributed by atoms with E-state index in [1.807, 2.05) is 57.4 Å². The van der Waals surface area contributed by atoms with Gasteiger partial charge in [-0.1, -0.05) is 6.92 Å². The molecule has 1 amide bonds. The highest BCUT2D eigenvalue weighted by Gasteiger charge is 2.26. The lowest BCUT2D eigenvalue weighted by Crippen LogP contribution is -2.50. The number of piperazine rings is 1. The van der Waals surface area contributed by atoms with E-state index in [4.69, 9.17) is 14.5 Å². The standard InChI is InChI=1S/C28H36N4O4/c1-7-19(2)32-11-10-22-23(26(33)35-6)16-21(17-24(22)32)20-8-9-25(29-18-20)30-12-14-31(15-13-30)27(34)36-28(3,4)5/h8-11,16-19H,7,12-15H2,1-6H3. The maximum atomic E-state index is 12.6. The van der Waals surface area contributed by atoms with E-state index in [-0.39, 0.29) is 12.1 Å². The van der Waals surface area contributed by atoms with Crippen molar-refractivity contribution in [1.82, 2.24) is 14.5 Å². The van der Waals surface area contributed by atoms with E-state index < -0.39 is 5.60 Å². The van der Waals surface area contributed by atoms with Crippen LogP contribution in [0.5, 0.6) is 0 Å². The molecule has 8 nitrogen and oxygen atoms in total. The van der Waals surface area contributed by atoms with Crippen LogP contribution in [0.25, 0.3) is 22.0 Å². The highest BCUT2D eigenvalue weighted by Crippen LogP contribution is 2.32. The number of hydrogen-bond acceptors (Lipinski definition) is 6. The summed E-state index contributed by atoms with van der Waals surface area (Å²) < 4.78 is 12.8. The second-order valence-corrected chi connectivity index (χ2v) is 10.3. The second-order valence-electron chi connectivity index (χ2n) is 10.3. The zero-order chi connectivity index (χ0) is 26.0. The number of ether oxygens (including phenoxy) is 2. The number of carbonyl (C=O) groups is 2. The molecule has 0 aliphatic carbocycles. The van der Waals surface area contributed by atoms with Crippen LogP contribution in [0, 0.1) is 0 Å². The fourth-order valence-corrected chi connectivity index (χ4v) is 4.48. The van der Waals surface area contributed by atoms with Gasteiger partial charge >= 0.3 is 12.1 Å². The minimum absolute atomic E-state index is 0.274. The Bertz CT molecular complexity index is 1230. The van der Waals surface area contributed by atoms with Gasteiger partial charge in [0.1, 0.15) is 11.4 Å². The summed E-state index contributed by atoms with van der Waals surface area (Å²) in [7, 11) is 1.41. The van der Waals surface area contributed by atoms with E-state index in [1.54, 1.807) is 4.90 Å². The Morgan fingerprint density at radius 1 is 1.06 bits per heavy atom. The van der Waals surface area contributed by atoms with Crippen LogP contribution in [0.1, 0.15) is 57.4 Å². The highest BCUT2D eigenvalue weighted by molar-refractivity contribution is 6.06. The van der Waals surface area contributed by atoms with Crippen molar-refractivity contribution < 1.29 is 19.1 Å². The summed E-state index contributed by atoms with van der Waals surface area (Å²) in [6, 6.07) is 10.3. The highest BCUT2D eigenvalue weighted by atomic mass is 16.6. The number of rotatable bonds is 5. The Labute approximate surface area is 212 Å². The van der Waals surface area contributed by atoms with Crippen molar-refractivity contribution >= 4 is 28.8 Å². The van der Waals surface area contributed by atoms with Crippen LogP contribution in [-0.2, 0) is 9.47 Å². The smallest absolute Gasteiger partial charge is 0.410 e. The molecule has 1 unspecified atom stereocenters. The molecule has 3 heterocycles. The largest absolute Gasteiger partial charge is 0.465 e. The van der Waals surface area contributed by atoms with E-state index in [2.05, 4.69) is 29.4 Å². The first kappa shape index (κ1) is 25.5. The summed E-state index contributed by atoms with van der Waals surface area (Å²) in [5.41, 5.74) is 2.90. The number of methoxy groups -OCH3 is 1. The molecule has 1 aliphatic heterocycles. The van der Waals surface area contributed by atoms with Crippen LogP contribution in [-0.4, -0.2) is 65.4 Å². The SMILES string of the molecule is CCC(C)n1ccc2c(C(=O)OC)cc(-c3ccc(N4CCN(C(=O)OC(C)(C)C)CC4)nc3)cc21. The molecular formula is C28H36N4O4. The Hall–Kier alpha value is -3.55. The fraction of sp³-hybridized carbons (Fsp3) is 0.464. The number of amides is 1. The number of carbonyl (C=O) groups excluding carboxylic acids is 2. The van der Waals surface area contributed by atoms with Crippen molar-refractivity contribution in [1.29, 1.82) is 0 Å². The van der Waals surface area contributed by atoms with Crippen LogP contribution in [0.3, 0.4) is 0 Å². The van der Waals surface area contributed by atoms with Gasteiger partial charge in [0.2, 0.25) is 0 Å². The lowest BCUT2D eigenvalue weighted by atomic mass is 10.0. The first-order valence-corrected chi connectivity index (χ1v) is 12.5. The van der Waals surface area contributed by atoms with Gasteiger partial charge in [0.05, 0.1) is 12.7 Å². The molecule has 2 aromatic heterocycles. The van der Waals surface area contributed by atoms with E-state index in [0.717, 1.165) is 34.3 Å². The summed E-state index contributed by atoms with van der Waals surface area (Å²) in [5.74, 6) is 0.510. The van der Waals surface area contributed by atoms with E-state index in [1.165, 1.54) is 7.11 Å². The molecule has 0 spiro atoms.